The van der Waals surface area contributed by atoms with Crippen molar-refractivity contribution < 1.29 is 9.59 Å². The molecule has 1 atom stereocenters. The predicted octanol–water partition coefficient (Wildman–Crippen LogP) is 2.80. The number of nitrogens with two attached hydrogens (primary N) is 1. The van der Waals surface area contributed by atoms with E-state index in [0.717, 1.165) is 26.5 Å². The van der Waals surface area contributed by atoms with E-state index in [2.05, 4.69) is 4.98 Å². The molecule has 0 radical (unpaired) electrons. The van der Waals surface area contributed by atoms with Crippen molar-refractivity contribution in [2.75, 3.05) is 11.4 Å². The van der Waals surface area contributed by atoms with Gasteiger partial charge in [0.25, 0.3) is 0 Å². The lowest BCUT2D eigenvalue weighted by atomic mass is 10.1. The molecular formula is C18H15N3O2S. The number of amides is 2. The molecule has 2 amide bonds. The van der Waals surface area contributed by atoms with Crippen molar-refractivity contribution in [3.05, 3.63) is 48.5 Å². The predicted molar refractivity (Wildman–Crippen MR) is 94.7 cm³/mol. The number of anilines is 1. The van der Waals surface area contributed by atoms with E-state index in [1.165, 1.54) is 0 Å². The summed E-state index contributed by atoms with van der Waals surface area (Å²) in [5.41, 5.74) is 8.00. The first-order valence-corrected chi connectivity index (χ1v) is 8.50. The number of thiazole rings is 1. The maximum absolute atomic E-state index is 12.3. The number of hydrogen-bond donors (Lipinski definition) is 1. The van der Waals surface area contributed by atoms with Crippen LogP contribution >= 0.6 is 11.3 Å². The Morgan fingerprint density at radius 1 is 1.17 bits per heavy atom. The molecule has 0 aliphatic carbocycles. The molecule has 0 bridgehead atoms. The Hall–Kier alpha value is -2.73. The van der Waals surface area contributed by atoms with Gasteiger partial charge in [-0.2, -0.15) is 0 Å². The molecule has 2 heterocycles. The van der Waals surface area contributed by atoms with Gasteiger partial charge < -0.3 is 10.6 Å². The van der Waals surface area contributed by atoms with Gasteiger partial charge in [0, 0.05) is 18.5 Å². The van der Waals surface area contributed by atoms with Gasteiger partial charge in [0.2, 0.25) is 11.8 Å². The Balaban J connectivity index is 1.78. The molecule has 5 nitrogen and oxygen atoms in total. The number of fused-ring (bicyclic) bond motifs is 1. The van der Waals surface area contributed by atoms with Crippen molar-refractivity contribution in [2.24, 2.45) is 11.7 Å². The number of para-hydroxylation sites is 2. The summed E-state index contributed by atoms with van der Waals surface area (Å²) in [6.45, 7) is 0.329. The summed E-state index contributed by atoms with van der Waals surface area (Å²) in [6, 6.07) is 15.6. The zero-order chi connectivity index (χ0) is 16.7. The number of primary amides is 1. The van der Waals surface area contributed by atoms with Crippen LogP contribution in [0.5, 0.6) is 0 Å². The minimum absolute atomic E-state index is 0.0765. The number of carbonyl (C=O) groups is 2. The van der Waals surface area contributed by atoms with Crippen LogP contribution in [0.25, 0.3) is 20.8 Å². The fourth-order valence-electron chi connectivity index (χ4n) is 3.01. The van der Waals surface area contributed by atoms with Crippen molar-refractivity contribution in [3.8, 4) is 10.6 Å². The fourth-order valence-corrected chi connectivity index (χ4v) is 4.01. The quantitative estimate of drug-likeness (QED) is 0.798. The van der Waals surface area contributed by atoms with Gasteiger partial charge in [0.15, 0.2) is 0 Å². The van der Waals surface area contributed by atoms with Gasteiger partial charge >= 0.3 is 0 Å². The van der Waals surface area contributed by atoms with Crippen LogP contribution in [0, 0.1) is 5.92 Å². The molecule has 2 aromatic carbocycles. The van der Waals surface area contributed by atoms with Crippen LogP contribution < -0.4 is 10.6 Å². The number of aromatic nitrogens is 1. The number of carbonyl (C=O) groups excluding carboxylic acids is 2. The molecule has 3 aromatic rings. The van der Waals surface area contributed by atoms with E-state index in [1.54, 1.807) is 16.2 Å². The second-order valence-electron chi connectivity index (χ2n) is 5.81. The van der Waals surface area contributed by atoms with E-state index < -0.39 is 11.8 Å². The van der Waals surface area contributed by atoms with Gasteiger partial charge in [0.1, 0.15) is 5.01 Å². The molecule has 120 valence electrons. The second-order valence-corrected chi connectivity index (χ2v) is 6.84. The Kier molecular flexibility index (Phi) is 3.54. The van der Waals surface area contributed by atoms with Crippen molar-refractivity contribution >= 4 is 39.1 Å². The van der Waals surface area contributed by atoms with Crippen LogP contribution in [0.1, 0.15) is 6.42 Å². The first kappa shape index (κ1) is 14.8. The molecule has 0 saturated carbocycles. The van der Waals surface area contributed by atoms with Crippen LogP contribution in [0.4, 0.5) is 5.69 Å². The van der Waals surface area contributed by atoms with Gasteiger partial charge in [-0.1, -0.05) is 24.3 Å². The summed E-state index contributed by atoms with van der Waals surface area (Å²) in [4.78, 5) is 30.1. The summed E-state index contributed by atoms with van der Waals surface area (Å²) < 4.78 is 1.10. The first-order valence-electron chi connectivity index (χ1n) is 7.68. The van der Waals surface area contributed by atoms with Gasteiger partial charge in [-0.3, -0.25) is 9.59 Å². The summed E-state index contributed by atoms with van der Waals surface area (Å²) in [6.07, 6.45) is 0.170. The third kappa shape index (κ3) is 2.45. The molecule has 1 fully saturated rings. The lowest BCUT2D eigenvalue weighted by molar-refractivity contribution is -0.123. The molecule has 24 heavy (non-hydrogen) atoms. The van der Waals surface area contributed by atoms with Crippen LogP contribution in [0.15, 0.2) is 48.5 Å². The van der Waals surface area contributed by atoms with Gasteiger partial charge in [0.05, 0.1) is 21.8 Å². The molecule has 1 saturated heterocycles. The summed E-state index contributed by atoms with van der Waals surface area (Å²) >= 11 is 1.59. The standard InChI is InChI=1S/C18H15N3O2S/c19-17(23)11-9-16(22)21(10-11)14-7-3-1-5-12(14)18-20-13-6-2-4-8-15(13)24-18/h1-8,11H,9-10H2,(H2,19,23)/t11-/m0/s1. The van der Waals surface area contributed by atoms with Crippen LogP contribution in [-0.2, 0) is 9.59 Å². The summed E-state index contributed by atoms with van der Waals surface area (Å²) in [5, 5.41) is 0.863. The highest BCUT2D eigenvalue weighted by atomic mass is 32.1. The highest BCUT2D eigenvalue weighted by molar-refractivity contribution is 7.21. The number of rotatable bonds is 3. The third-order valence-electron chi connectivity index (χ3n) is 4.25. The molecule has 6 heteroatoms. The monoisotopic (exact) mass is 337 g/mol. The minimum Gasteiger partial charge on any atom is -0.369 e. The summed E-state index contributed by atoms with van der Waals surface area (Å²) in [5.74, 6) is -0.934. The van der Waals surface area contributed by atoms with Crippen molar-refractivity contribution in [3.63, 3.8) is 0 Å². The topological polar surface area (TPSA) is 76.3 Å². The average Bonchev–Trinajstić information content (AvgIpc) is 3.18. The van der Waals surface area contributed by atoms with E-state index in [9.17, 15) is 9.59 Å². The molecule has 1 aliphatic heterocycles. The number of benzene rings is 2. The third-order valence-corrected chi connectivity index (χ3v) is 5.32. The molecule has 4 rings (SSSR count). The SMILES string of the molecule is NC(=O)[C@H]1CC(=O)N(c2ccccc2-c2nc3ccccc3s2)C1. The maximum Gasteiger partial charge on any atom is 0.227 e. The van der Waals surface area contributed by atoms with E-state index in [0.29, 0.717) is 6.54 Å². The second kappa shape index (κ2) is 5.72. The number of hydrogen-bond acceptors (Lipinski definition) is 4. The molecular weight excluding hydrogens is 322 g/mol. The van der Waals surface area contributed by atoms with E-state index >= 15 is 0 Å². The fraction of sp³-hybridized carbons (Fsp3) is 0.167. The van der Waals surface area contributed by atoms with E-state index in [-0.39, 0.29) is 12.3 Å². The highest BCUT2D eigenvalue weighted by Crippen LogP contribution is 2.38. The van der Waals surface area contributed by atoms with Gasteiger partial charge in [-0.05, 0) is 24.3 Å². The highest BCUT2D eigenvalue weighted by Gasteiger charge is 2.35. The Labute approximate surface area is 142 Å². The van der Waals surface area contributed by atoms with Gasteiger partial charge in [-0.25, -0.2) is 4.98 Å². The Bertz CT molecular complexity index is 917. The van der Waals surface area contributed by atoms with Crippen LogP contribution in [0.2, 0.25) is 0 Å². The average molecular weight is 337 g/mol. The lowest BCUT2D eigenvalue weighted by Gasteiger charge is -2.19. The van der Waals surface area contributed by atoms with E-state index in [1.807, 2.05) is 48.5 Å². The van der Waals surface area contributed by atoms with Crippen molar-refractivity contribution in [1.82, 2.24) is 4.98 Å². The summed E-state index contributed by atoms with van der Waals surface area (Å²) in [7, 11) is 0. The Morgan fingerprint density at radius 2 is 1.92 bits per heavy atom. The molecule has 0 unspecified atom stereocenters. The minimum atomic E-state index is -0.430. The molecule has 2 N–H and O–H groups in total. The van der Waals surface area contributed by atoms with E-state index in [4.69, 9.17) is 5.73 Å². The van der Waals surface area contributed by atoms with Crippen LogP contribution in [-0.4, -0.2) is 23.3 Å². The van der Waals surface area contributed by atoms with Gasteiger partial charge in [-0.15, -0.1) is 11.3 Å². The normalized spacial score (nSPS) is 17.6. The van der Waals surface area contributed by atoms with Crippen molar-refractivity contribution in [2.45, 2.75) is 6.42 Å². The largest absolute Gasteiger partial charge is 0.369 e. The number of nitrogens with zero attached hydrogens (tertiary/aromatic N) is 2. The zero-order valence-electron chi connectivity index (χ0n) is 12.8. The van der Waals surface area contributed by atoms with Crippen LogP contribution in [0.3, 0.4) is 0 Å². The Morgan fingerprint density at radius 3 is 2.67 bits per heavy atom. The van der Waals surface area contributed by atoms with Crippen molar-refractivity contribution in [1.29, 1.82) is 0 Å². The molecule has 1 aromatic heterocycles. The first-order chi connectivity index (χ1) is 11.6. The smallest absolute Gasteiger partial charge is 0.227 e. The zero-order valence-corrected chi connectivity index (χ0v) is 13.6. The lowest BCUT2D eigenvalue weighted by Crippen LogP contribution is -2.28. The molecule has 0 spiro atoms. The molecule has 1 aliphatic rings. The maximum atomic E-state index is 12.3.